The zero-order valence-corrected chi connectivity index (χ0v) is 18.3. The predicted molar refractivity (Wildman–Crippen MR) is 119 cm³/mol. The van der Waals surface area contributed by atoms with Gasteiger partial charge in [0.2, 0.25) is 0 Å². The van der Waals surface area contributed by atoms with Crippen LogP contribution in [0, 0.1) is 0 Å². The molecule has 0 spiro atoms. The molecule has 0 unspecified atom stereocenters. The van der Waals surface area contributed by atoms with Gasteiger partial charge in [0, 0.05) is 19.2 Å². The lowest BCUT2D eigenvalue weighted by Gasteiger charge is -2.22. The lowest BCUT2D eigenvalue weighted by atomic mass is 10.2. The van der Waals surface area contributed by atoms with E-state index in [9.17, 15) is 5.11 Å². The third kappa shape index (κ3) is 7.54. The maximum absolute atomic E-state index is 10.0. The number of guanidine groups is 1. The van der Waals surface area contributed by atoms with Gasteiger partial charge in [0.1, 0.15) is 23.9 Å². The number of hydrogen-bond acceptors (Lipinski definition) is 4. The summed E-state index contributed by atoms with van der Waals surface area (Å²) in [4.78, 5) is 6.61. The van der Waals surface area contributed by atoms with Gasteiger partial charge in [0.15, 0.2) is 5.96 Å². The maximum Gasteiger partial charge on any atom is 0.194 e. The molecule has 2 aromatic rings. The second-order valence-corrected chi connectivity index (χ2v) is 5.75. The van der Waals surface area contributed by atoms with Crippen LogP contribution < -0.4 is 14.8 Å². The molecule has 0 saturated carbocycles. The topological polar surface area (TPSA) is 66.3 Å². The number of methoxy groups -OCH3 is 1. The molecule has 0 atom stereocenters. The normalized spacial score (nSPS) is 10.7. The van der Waals surface area contributed by atoms with Crippen LogP contribution >= 0.6 is 24.0 Å². The van der Waals surface area contributed by atoms with Crippen LogP contribution in [0.25, 0.3) is 0 Å². The molecule has 0 aliphatic carbocycles. The molecule has 7 heteroatoms. The van der Waals surface area contributed by atoms with Crippen LogP contribution in [0.3, 0.4) is 0 Å². The number of hydrogen-bond donors (Lipinski definition) is 2. The highest BCUT2D eigenvalue weighted by Gasteiger charge is 2.08. The Morgan fingerprint density at radius 1 is 1.15 bits per heavy atom. The standard InChI is InChI=1S/C20H27N3O3.HI/c1-4-21-20(22-15-16-14-18(25-3)10-11-19(16)24)23(2)12-13-26-17-8-6-5-7-9-17;/h5-11,14,24H,4,12-13,15H2,1-3H3,(H,21,22);1H. The van der Waals surface area contributed by atoms with Crippen molar-refractivity contribution in [1.82, 2.24) is 10.2 Å². The van der Waals surface area contributed by atoms with E-state index < -0.39 is 0 Å². The second kappa shape index (κ2) is 12.3. The Labute approximate surface area is 178 Å². The Kier molecular flexibility index (Phi) is 10.4. The maximum atomic E-state index is 10.0. The predicted octanol–water partition coefficient (Wildman–Crippen LogP) is 3.50. The third-order valence-electron chi connectivity index (χ3n) is 3.82. The van der Waals surface area contributed by atoms with Crippen molar-refractivity contribution in [1.29, 1.82) is 0 Å². The van der Waals surface area contributed by atoms with Crippen LogP contribution in [0.4, 0.5) is 0 Å². The van der Waals surface area contributed by atoms with Crippen molar-refractivity contribution in [2.45, 2.75) is 13.5 Å². The first kappa shape index (κ1) is 22.9. The highest BCUT2D eigenvalue weighted by molar-refractivity contribution is 14.0. The Morgan fingerprint density at radius 2 is 1.89 bits per heavy atom. The van der Waals surface area contributed by atoms with Crippen molar-refractivity contribution in [3.8, 4) is 17.2 Å². The summed E-state index contributed by atoms with van der Waals surface area (Å²) >= 11 is 0. The molecule has 0 aliphatic heterocycles. The number of aromatic hydroxyl groups is 1. The van der Waals surface area contributed by atoms with Gasteiger partial charge in [0.25, 0.3) is 0 Å². The van der Waals surface area contributed by atoms with Crippen LogP contribution in [0.15, 0.2) is 53.5 Å². The molecule has 2 aromatic carbocycles. The summed E-state index contributed by atoms with van der Waals surface area (Å²) < 4.78 is 10.9. The van der Waals surface area contributed by atoms with Gasteiger partial charge in [-0.25, -0.2) is 4.99 Å². The summed E-state index contributed by atoms with van der Waals surface area (Å²) in [7, 11) is 3.56. The Hall–Kier alpha value is -2.16. The molecule has 2 rings (SSSR count). The molecule has 6 nitrogen and oxygen atoms in total. The van der Waals surface area contributed by atoms with E-state index in [4.69, 9.17) is 9.47 Å². The number of rotatable bonds is 8. The van der Waals surface area contributed by atoms with Crippen molar-refractivity contribution < 1.29 is 14.6 Å². The van der Waals surface area contributed by atoms with Crippen molar-refractivity contribution in [2.75, 3.05) is 33.9 Å². The monoisotopic (exact) mass is 485 g/mol. The molecule has 0 fully saturated rings. The molecular weight excluding hydrogens is 457 g/mol. The van der Waals surface area contributed by atoms with Crippen molar-refractivity contribution in [3.63, 3.8) is 0 Å². The molecule has 0 saturated heterocycles. The van der Waals surface area contributed by atoms with Gasteiger partial charge in [0.05, 0.1) is 20.2 Å². The first-order valence-corrected chi connectivity index (χ1v) is 8.67. The lowest BCUT2D eigenvalue weighted by Crippen LogP contribution is -2.40. The number of halogens is 1. The molecule has 0 heterocycles. The molecule has 27 heavy (non-hydrogen) atoms. The molecule has 0 radical (unpaired) electrons. The summed E-state index contributed by atoms with van der Waals surface area (Å²) in [5.74, 6) is 2.51. The van der Waals surface area contributed by atoms with Crippen molar-refractivity contribution in [2.24, 2.45) is 4.99 Å². The quantitative estimate of drug-likeness (QED) is 0.341. The number of phenols is 1. The molecule has 0 aliphatic rings. The summed E-state index contributed by atoms with van der Waals surface area (Å²) in [5, 5.41) is 13.3. The van der Waals surface area contributed by atoms with E-state index in [2.05, 4.69) is 10.3 Å². The van der Waals surface area contributed by atoms with Crippen molar-refractivity contribution >= 4 is 29.9 Å². The van der Waals surface area contributed by atoms with Crippen molar-refractivity contribution in [3.05, 3.63) is 54.1 Å². The fraction of sp³-hybridized carbons (Fsp3) is 0.350. The minimum Gasteiger partial charge on any atom is -0.508 e. The number of benzene rings is 2. The van der Waals surface area contributed by atoms with Gasteiger partial charge in [-0.05, 0) is 37.3 Å². The number of likely N-dealkylation sites (N-methyl/N-ethyl adjacent to an activating group) is 1. The summed E-state index contributed by atoms with van der Waals surface area (Å²) in [6.45, 7) is 4.37. The first-order valence-electron chi connectivity index (χ1n) is 8.67. The SMILES string of the molecule is CCNC(=NCc1cc(OC)ccc1O)N(C)CCOc1ccccc1.I. The fourth-order valence-corrected chi connectivity index (χ4v) is 2.37. The summed E-state index contributed by atoms with van der Waals surface area (Å²) in [6, 6.07) is 14.9. The van der Waals surface area contributed by atoms with E-state index in [0.29, 0.717) is 31.0 Å². The smallest absolute Gasteiger partial charge is 0.194 e. The average Bonchev–Trinajstić information content (AvgIpc) is 2.67. The van der Waals surface area contributed by atoms with Gasteiger partial charge in [-0.15, -0.1) is 24.0 Å². The van der Waals surface area contributed by atoms with Gasteiger partial charge >= 0.3 is 0 Å². The minimum atomic E-state index is 0. The van der Waals surface area contributed by atoms with E-state index in [1.54, 1.807) is 25.3 Å². The highest BCUT2D eigenvalue weighted by atomic mass is 127. The Balaban J connectivity index is 0.00000364. The first-order chi connectivity index (χ1) is 12.6. The summed E-state index contributed by atoms with van der Waals surface area (Å²) in [5.41, 5.74) is 0.716. The number of ether oxygens (including phenoxy) is 2. The third-order valence-corrected chi connectivity index (χ3v) is 3.82. The Morgan fingerprint density at radius 3 is 2.56 bits per heavy atom. The number of phenolic OH excluding ortho intramolecular Hbond substituents is 1. The fourth-order valence-electron chi connectivity index (χ4n) is 2.37. The molecule has 0 amide bonds. The number of para-hydroxylation sites is 1. The minimum absolute atomic E-state index is 0. The molecular formula is C20H28IN3O3. The highest BCUT2D eigenvalue weighted by Crippen LogP contribution is 2.23. The van der Waals surface area contributed by atoms with E-state index in [0.717, 1.165) is 18.3 Å². The number of aliphatic imine (C=N–C) groups is 1. The number of nitrogens with zero attached hydrogens (tertiary/aromatic N) is 2. The van der Waals surface area contributed by atoms with Crippen LogP contribution in [0.5, 0.6) is 17.2 Å². The van der Waals surface area contributed by atoms with Gasteiger partial charge < -0.3 is 24.8 Å². The molecule has 0 aromatic heterocycles. The van der Waals surface area contributed by atoms with Gasteiger partial charge in [-0.2, -0.15) is 0 Å². The summed E-state index contributed by atoms with van der Waals surface area (Å²) in [6.07, 6.45) is 0. The average molecular weight is 485 g/mol. The van der Waals surface area contributed by atoms with E-state index in [1.165, 1.54) is 0 Å². The van der Waals surface area contributed by atoms with E-state index in [-0.39, 0.29) is 29.7 Å². The van der Waals surface area contributed by atoms with E-state index >= 15 is 0 Å². The lowest BCUT2D eigenvalue weighted by molar-refractivity contribution is 0.281. The number of nitrogens with one attached hydrogen (secondary N) is 1. The zero-order chi connectivity index (χ0) is 18.8. The second-order valence-electron chi connectivity index (χ2n) is 5.75. The molecule has 0 bridgehead atoms. The zero-order valence-electron chi connectivity index (χ0n) is 16.0. The Bertz CT molecular complexity index is 711. The van der Waals surface area contributed by atoms with E-state index in [1.807, 2.05) is 49.2 Å². The van der Waals surface area contributed by atoms with Gasteiger partial charge in [-0.3, -0.25) is 0 Å². The molecule has 148 valence electrons. The van der Waals surface area contributed by atoms with Crippen LogP contribution in [0.2, 0.25) is 0 Å². The molecule has 2 N–H and O–H groups in total. The van der Waals surface area contributed by atoms with Crippen LogP contribution in [-0.2, 0) is 6.54 Å². The largest absolute Gasteiger partial charge is 0.508 e. The van der Waals surface area contributed by atoms with Gasteiger partial charge in [-0.1, -0.05) is 18.2 Å². The van der Waals surface area contributed by atoms with Crippen LogP contribution in [0.1, 0.15) is 12.5 Å². The van der Waals surface area contributed by atoms with Crippen LogP contribution in [-0.4, -0.2) is 49.8 Å².